The number of nitrogens with one attached hydrogen (secondary N) is 1. The van der Waals surface area contributed by atoms with E-state index in [-0.39, 0.29) is 6.10 Å². The molecular formula is C23H22N6O2. The summed E-state index contributed by atoms with van der Waals surface area (Å²) in [7, 11) is 0. The highest BCUT2D eigenvalue weighted by Crippen LogP contribution is 2.24. The molecule has 0 bridgehead atoms. The van der Waals surface area contributed by atoms with Crippen LogP contribution in [0.2, 0.25) is 0 Å². The van der Waals surface area contributed by atoms with Gasteiger partial charge in [0.2, 0.25) is 5.95 Å². The molecule has 3 heterocycles. The standard InChI is InChI=1S/C23H22N6O2/c1-7-20(31-21-10-13-30-14-11-21)8-2-17(1)22-9-12-25-23(28-22)27-18-3-5-19(6-4-18)29-16-24-15-26-29/h1-9,12,15-16,21H,10-11,13-14H2,(H,25,27,28). The van der Waals surface area contributed by atoms with E-state index in [0.717, 1.165) is 54.4 Å². The Labute approximate surface area is 179 Å². The Bertz CT molecular complexity index is 1110. The maximum absolute atomic E-state index is 6.05. The van der Waals surface area contributed by atoms with Gasteiger partial charge in [0.25, 0.3) is 0 Å². The van der Waals surface area contributed by atoms with Crippen LogP contribution in [-0.2, 0) is 4.74 Å². The minimum absolute atomic E-state index is 0.227. The van der Waals surface area contributed by atoms with Crippen molar-refractivity contribution in [3.8, 4) is 22.7 Å². The van der Waals surface area contributed by atoms with Crippen LogP contribution < -0.4 is 10.1 Å². The Morgan fingerprint density at radius 2 is 1.77 bits per heavy atom. The summed E-state index contributed by atoms with van der Waals surface area (Å²) in [6.07, 6.45) is 7.01. The summed E-state index contributed by atoms with van der Waals surface area (Å²) in [5, 5.41) is 7.38. The molecule has 0 radical (unpaired) electrons. The van der Waals surface area contributed by atoms with Crippen LogP contribution in [-0.4, -0.2) is 44.1 Å². The molecule has 0 atom stereocenters. The molecule has 1 N–H and O–H groups in total. The van der Waals surface area contributed by atoms with Crippen molar-refractivity contribution in [1.29, 1.82) is 0 Å². The fourth-order valence-corrected chi connectivity index (χ4v) is 3.44. The first-order valence-electron chi connectivity index (χ1n) is 10.2. The van der Waals surface area contributed by atoms with Crippen LogP contribution in [0.25, 0.3) is 16.9 Å². The molecule has 0 aliphatic carbocycles. The Morgan fingerprint density at radius 1 is 0.968 bits per heavy atom. The zero-order valence-corrected chi connectivity index (χ0v) is 16.9. The fraction of sp³-hybridized carbons (Fsp3) is 0.217. The average molecular weight is 414 g/mol. The summed E-state index contributed by atoms with van der Waals surface area (Å²) in [5.41, 5.74) is 3.67. The van der Waals surface area contributed by atoms with Crippen LogP contribution in [0.3, 0.4) is 0 Å². The van der Waals surface area contributed by atoms with Gasteiger partial charge in [-0.2, -0.15) is 5.10 Å². The van der Waals surface area contributed by atoms with E-state index in [1.54, 1.807) is 17.2 Å². The van der Waals surface area contributed by atoms with Crippen molar-refractivity contribution < 1.29 is 9.47 Å². The molecule has 0 saturated carbocycles. The molecular weight excluding hydrogens is 392 g/mol. The summed E-state index contributed by atoms with van der Waals surface area (Å²) >= 11 is 0. The molecule has 0 amide bonds. The summed E-state index contributed by atoms with van der Waals surface area (Å²) in [4.78, 5) is 13.0. The Kier molecular flexibility index (Phi) is 5.53. The van der Waals surface area contributed by atoms with Crippen LogP contribution in [0.5, 0.6) is 5.75 Å². The van der Waals surface area contributed by atoms with Gasteiger partial charge in [-0.1, -0.05) is 0 Å². The van der Waals surface area contributed by atoms with Crippen LogP contribution in [0, 0.1) is 0 Å². The predicted molar refractivity (Wildman–Crippen MR) is 117 cm³/mol. The SMILES string of the molecule is c1cc(-c2ccc(OC3CCOCC3)cc2)nc(Nc2ccc(-n3cncn3)cc2)n1. The first kappa shape index (κ1) is 19.2. The minimum atomic E-state index is 0.227. The van der Waals surface area contributed by atoms with Gasteiger partial charge in [0.05, 0.1) is 24.6 Å². The molecule has 2 aromatic carbocycles. The molecule has 5 rings (SSSR count). The number of hydrogen-bond acceptors (Lipinski definition) is 7. The number of aromatic nitrogens is 5. The van der Waals surface area contributed by atoms with Gasteiger partial charge in [0.1, 0.15) is 24.5 Å². The molecule has 0 spiro atoms. The average Bonchev–Trinajstić information content (AvgIpc) is 3.36. The van der Waals surface area contributed by atoms with Gasteiger partial charge in [-0.25, -0.2) is 19.6 Å². The maximum atomic E-state index is 6.05. The molecule has 31 heavy (non-hydrogen) atoms. The lowest BCUT2D eigenvalue weighted by Gasteiger charge is -2.23. The number of benzene rings is 2. The topological polar surface area (TPSA) is 87.0 Å². The maximum Gasteiger partial charge on any atom is 0.227 e. The smallest absolute Gasteiger partial charge is 0.227 e. The normalized spacial score (nSPS) is 14.3. The fourth-order valence-electron chi connectivity index (χ4n) is 3.44. The molecule has 1 fully saturated rings. The van der Waals surface area contributed by atoms with Crippen molar-refractivity contribution in [2.24, 2.45) is 0 Å². The largest absolute Gasteiger partial charge is 0.490 e. The number of nitrogens with zero attached hydrogens (tertiary/aromatic N) is 5. The van der Waals surface area contributed by atoms with Crippen LogP contribution >= 0.6 is 0 Å². The van der Waals surface area contributed by atoms with Gasteiger partial charge in [-0.15, -0.1) is 0 Å². The second-order valence-electron chi connectivity index (χ2n) is 7.23. The molecule has 1 aliphatic rings. The highest BCUT2D eigenvalue weighted by molar-refractivity contribution is 5.63. The van der Waals surface area contributed by atoms with E-state index in [9.17, 15) is 0 Å². The van der Waals surface area contributed by atoms with E-state index < -0.39 is 0 Å². The monoisotopic (exact) mass is 414 g/mol. The van der Waals surface area contributed by atoms with Gasteiger partial charge in [0.15, 0.2) is 0 Å². The van der Waals surface area contributed by atoms with Gasteiger partial charge in [-0.05, 0) is 54.6 Å². The second kappa shape index (κ2) is 8.93. The molecule has 4 aromatic rings. The summed E-state index contributed by atoms with van der Waals surface area (Å²) in [6.45, 7) is 1.53. The van der Waals surface area contributed by atoms with E-state index >= 15 is 0 Å². The van der Waals surface area contributed by atoms with Gasteiger partial charge in [-0.3, -0.25) is 0 Å². The van der Waals surface area contributed by atoms with E-state index in [4.69, 9.17) is 9.47 Å². The van der Waals surface area contributed by atoms with E-state index in [2.05, 4.69) is 25.4 Å². The van der Waals surface area contributed by atoms with Gasteiger partial charge < -0.3 is 14.8 Å². The third kappa shape index (κ3) is 4.70. The molecule has 2 aromatic heterocycles. The number of ether oxygens (including phenoxy) is 2. The van der Waals surface area contributed by atoms with Crippen molar-refractivity contribution in [3.05, 3.63) is 73.4 Å². The third-order valence-corrected chi connectivity index (χ3v) is 5.08. The molecule has 0 unspecified atom stereocenters. The summed E-state index contributed by atoms with van der Waals surface area (Å²) in [5.74, 6) is 1.41. The molecule has 1 aliphatic heterocycles. The van der Waals surface area contributed by atoms with Crippen molar-refractivity contribution in [2.75, 3.05) is 18.5 Å². The predicted octanol–water partition coefficient (Wildman–Crippen LogP) is 4.03. The zero-order chi connectivity index (χ0) is 20.9. The quantitative estimate of drug-likeness (QED) is 0.510. The van der Waals surface area contributed by atoms with Crippen molar-refractivity contribution in [3.63, 3.8) is 0 Å². The van der Waals surface area contributed by atoms with E-state index in [1.165, 1.54) is 6.33 Å². The van der Waals surface area contributed by atoms with Crippen LogP contribution in [0.15, 0.2) is 73.4 Å². The summed E-state index contributed by atoms with van der Waals surface area (Å²) < 4.78 is 13.1. The Morgan fingerprint density at radius 3 is 2.52 bits per heavy atom. The molecule has 1 saturated heterocycles. The lowest BCUT2D eigenvalue weighted by molar-refractivity contribution is 0.0256. The van der Waals surface area contributed by atoms with Crippen molar-refractivity contribution >= 4 is 11.6 Å². The Hall–Kier alpha value is -3.78. The third-order valence-electron chi connectivity index (χ3n) is 5.08. The molecule has 156 valence electrons. The van der Waals surface area contributed by atoms with Gasteiger partial charge in [0, 0.05) is 30.3 Å². The molecule has 8 nitrogen and oxygen atoms in total. The first-order valence-corrected chi connectivity index (χ1v) is 10.2. The highest BCUT2D eigenvalue weighted by Gasteiger charge is 2.15. The number of anilines is 2. The lowest BCUT2D eigenvalue weighted by Crippen LogP contribution is -2.25. The Balaban J connectivity index is 1.26. The van der Waals surface area contributed by atoms with Crippen LogP contribution in [0.1, 0.15) is 12.8 Å². The first-order chi connectivity index (χ1) is 15.3. The highest BCUT2D eigenvalue weighted by atomic mass is 16.5. The van der Waals surface area contributed by atoms with Gasteiger partial charge >= 0.3 is 0 Å². The second-order valence-corrected chi connectivity index (χ2v) is 7.23. The molecule has 8 heteroatoms. The minimum Gasteiger partial charge on any atom is -0.490 e. The zero-order valence-electron chi connectivity index (χ0n) is 16.9. The van der Waals surface area contributed by atoms with Crippen LogP contribution in [0.4, 0.5) is 11.6 Å². The van der Waals surface area contributed by atoms with E-state index in [0.29, 0.717) is 5.95 Å². The lowest BCUT2D eigenvalue weighted by atomic mass is 10.1. The number of rotatable bonds is 6. The summed E-state index contributed by atoms with van der Waals surface area (Å²) in [6, 6.07) is 17.7. The van der Waals surface area contributed by atoms with E-state index in [1.807, 2.05) is 54.6 Å². The van der Waals surface area contributed by atoms with Crippen molar-refractivity contribution in [1.82, 2.24) is 24.7 Å². The number of hydrogen-bond donors (Lipinski definition) is 1. The van der Waals surface area contributed by atoms with Crippen molar-refractivity contribution in [2.45, 2.75) is 18.9 Å².